The number of hydrogen-bond acceptors (Lipinski definition) is 6. The molecule has 0 spiro atoms. The first-order chi connectivity index (χ1) is 15.0. The van der Waals surface area contributed by atoms with Gasteiger partial charge >= 0.3 is 0 Å². The van der Waals surface area contributed by atoms with Crippen LogP contribution in [-0.2, 0) is 11.3 Å². The average molecular weight is 471 g/mol. The predicted octanol–water partition coefficient (Wildman–Crippen LogP) is 5.31. The Kier molecular flexibility index (Phi) is 6.41. The lowest BCUT2D eigenvalue weighted by Crippen LogP contribution is -2.26. The molecule has 0 aliphatic rings. The summed E-state index contributed by atoms with van der Waals surface area (Å²) in [6.45, 7) is 4.15. The van der Waals surface area contributed by atoms with E-state index >= 15 is 0 Å². The number of carbonyl (C=O) groups excluding carboxylic acids is 1. The fourth-order valence-corrected chi connectivity index (χ4v) is 4.84. The van der Waals surface area contributed by atoms with Crippen LogP contribution < -0.4 is 10.9 Å². The molecule has 0 aliphatic carbocycles. The van der Waals surface area contributed by atoms with E-state index < -0.39 is 5.25 Å². The summed E-state index contributed by atoms with van der Waals surface area (Å²) in [4.78, 5) is 34.6. The van der Waals surface area contributed by atoms with E-state index in [1.165, 1.54) is 23.1 Å². The second-order valence-corrected chi connectivity index (χ2v) is 9.36. The first-order valence-electron chi connectivity index (χ1n) is 9.65. The molecule has 0 aliphatic heterocycles. The summed E-state index contributed by atoms with van der Waals surface area (Å²) in [5, 5.41) is 6.55. The topological polar surface area (TPSA) is 76.9 Å². The Balaban J connectivity index is 1.51. The third kappa shape index (κ3) is 4.66. The van der Waals surface area contributed by atoms with Crippen LogP contribution in [0.5, 0.6) is 0 Å². The minimum Gasteiger partial charge on any atom is -0.301 e. The van der Waals surface area contributed by atoms with Gasteiger partial charge in [0.1, 0.15) is 0 Å². The molecule has 0 radical (unpaired) electrons. The van der Waals surface area contributed by atoms with Crippen molar-refractivity contribution in [2.75, 3.05) is 5.32 Å². The number of nitrogens with one attached hydrogen (secondary N) is 1. The Morgan fingerprint density at radius 2 is 1.94 bits per heavy atom. The zero-order chi connectivity index (χ0) is 22.0. The number of aromatic nitrogens is 3. The normalized spacial score (nSPS) is 12.1. The lowest BCUT2D eigenvalue weighted by Gasteiger charge is -2.14. The van der Waals surface area contributed by atoms with Crippen LogP contribution in [0.2, 0.25) is 5.02 Å². The molecule has 0 bridgehead atoms. The third-order valence-electron chi connectivity index (χ3n) is 4.67. The van der Waals surface area contributed by atoms with Crippen LogP contribution in [-0.4, -0.2) is 25.7 Å². The lowest BCUT2D eigenvalue weighted by molar-refractivity contribution is -0.115. The zero-order valence-electron chi connectivity index (χ0n) is 16.8. The van der Waals surface area contributed by atoms with Crippen molar-refractivity contribution in [1.29, 1.82) is 0 Å². The van der Waals surface area contributed by atoms with E-state index in [2.05, 4.69) is 15.3 Å². The number of thiazole rings is 1. The molecule has 2 heterocycles. The molecule has 1 unspecified atom stereocenters. The van der Waals surface area contributed by atoms with Crippen LogP contribution in [0, 0.1) is 0 Å². The summed E-state index contributed by atoms with van der Waals surface area (Å²) in [6, 6.07) is 14.6. The number of amides is 1. The summed E-state index contributed by atoms with van der Waals surface area (Å²) in [5.74, 6) is -0.202. The molecule has 9 heteroatoms. The number of thioether (sulfide) groups is 1. The highest BCUT2D eigenvalue weighted by Gasteiger charge is 2.20. The largest absolute Gasteiger partial charge is 0.301 e. The van der Waals surface area contributed by atoms with Crippen LogP contribution in [0.25, 0.3) is 22.2 Å². The maximum Gasteiger partial charge on any atom is 0.262 e. The van der Waals surface area contributed by atoms with Gasteiger partial charge < -0.3 is 5.32 Å². The highest BCUT2D eigenvalue weighted by Crippen LogP contribution is 2.28. The molecule has 0 saturated heterocycles. The minimum atomic E-state index is -0.464. The van der Waals surface area contributed by atoms with Crippen molar-refractivity contribution in [2.45, 2.75) is 30.8 Å². The molecule has 1 amide bonds. The van der Waals surface area contributed by atoms with E-state index in [4.69, 9.17) is 11.6 Å². The average Bonchev–Trinajstić information content (AvgIpc) is 3.23. The van der Waals surface area contributed by atoms with Gasteiger partial charge in [-0.2, -0.15) is 0 Å². The van der Waals surface area contributed by atoms with Crippen molar-refractivity contribution in [3.63, 3.8) is 0 Å². The molecule has 2 aromatic heterocycles. The van der Waals surface area contributed by atoms with Crippen LogP contribution in [0.15, 0.2) is 63.9 Å². The maximum absolute atomic E-state index is 12.8. The predicted molar refractivity (Wildman–Crippen MR) is 128 cm³/mol. The van der Waals surface area contributed by atoms with Gasteiger partial charge in [0.25, 0.3) is 5.56 Å². The van der Waals surface area contributed by atoms with E-state index in [1.807, 2.05) is 36.6 Å². The van der Waals surface area contributed by atoms with Crippen molar-refractivity contribution < 1.29 is 4.79 Å². The maximum atomic E-state index is 12.8. The first-order valence-corrected chi connectivity index (χ1v) is 11.8. The number of benzene rings is 2. The van der Waals surface area contributed by atoms with Crippen molar-refractivity contribution in [2.24, 2.45) is 0 Å². The Hall–Kier alpha value is -2.68. The zero-order valence-corrected chi connectivity index (χ0v) is 19.2. The smallest absolute Gasteiger partial charge is 0.262 e. The van der Waals surface area contributed by atoms with Gasteiger partial charge in [0, 0.05) is 22.5 Å². The number of carbonyl (C=O) groups is 1. The summed E-state index contributed by atoms with van der Waals surface area (Å²) in [6.07, 6.45) is 0. The van der Waals surface area contributed by atoms with Crippen molar-refractivity contribution in [1.82, 2.24) is 14.5 Å². The van der Waals surface area contributed by atoms with Gasteiger partial charge in [-0.25, -0.2) is 9.97 Å². The number of fused-ring (bicyclic) bond motifs is 1. The van der Waals surface area contributed by atoms with E-state index in [9.17, 15) is 9.59 Å². The molecule has 4 rings (SSSR count). The van der Waals surface area contributed by atoms with E-state index in [1.54, 1.807) is 35.8 Å². The number of nitrogens with zero attached hydrogens (tertiary/aromatic N) is 3. The van der Waals surface area contributed by atoms with Crippen LogP contribution in [0.1, 0.15) is 13.8 Å². The number of hydrogen-bond donors (Lipinski definition) is 1. The van der Waals surface area contributed by atoms with Crippen LogP contribution >= 0.6 is 34.7 Å². The molecule has 2 aromatic carbocycles. The summed E-state index contributed by atoms with van der Waals surface area (Å²) in [5.41, 5.74) is 2.22. The van der Waals surface area contributed by atoms with Gasteiger partial charge in [-0.3, -0.25) is 14.2 Å². The Morgan fingerprint density at radius 3 is 2.68 bits per heavy atom. The minimum absolute atomic E-state index is 0.101. The monoisotopic (exact) mass is 470 g/mol. The number of halogens is 1. The molecule has 31 heavy (non-hydrogen) atoms. The molecule has 0 fully saturated rings. The molecule has 158 valence electrons. The SMILES string of the molecule is CCn1c(SC(C)C(=O)Nc2nc(-c3ccc(Cl)cc3)cs2)nc2ccccc2c1=O. The standard InChI is InChI=1S/C22H19ClN4O2S2/c1-3-27-20(29)16-6-4-5-7-17(16)25-22(27)31-13(2)19(28)26-21-24-18(12-30-21)14-8-10-15(23)11-9-14/h4-13H,3H2,1-2H3,(H,24,26,28). The third-order valence-corrected chi connectivity index (χ3v) is 6.77. The molecule has 1 atom stereocenters. The molecular weight excluding hydrogens is 452 g/mol. The quantitative estimate of drug-likeness (QED) is 0.305. The number of rotatable bonds is 6. The van der Waals surface area contributed by atoms with Gasteiger partial charge in [0.2, 0.25) is 5.91 Å². The van der Waals surface area contributed by atoms with Gasteiger partial charge in [-0.1, -0.05) is 47.6 Å². The fraction of sp³-hybridized carbons (Fsp3) is 0.182. The fourth-order valence-electron chi connectivity index (χ4n) is 3.02. The van der Waals surface area contributed by atoms with Gasteiger partial charge in [0.05, 0.1) is 21.8 Å². The summed E-state index contributed by atoms with van der Waals surface area (Å²) in [7, 11) is 0. The molecular formula is C22H19ClN4O2S2. The highest BCUT2D eigenvalue weighted by molar-refractivity contribution is 8.00. The summed E-state index contributed by atoms with van der Waals surface area (Å²) >= 11 is 8.55. The number of anilines is 1. The van der Waals surface area contributed by atoms with Gasteiger partial charge in [-0.15, -0.1) is 11.3 Å². The van der Waals surface area contributed by atoms with Crippen LogP contribution in [0.3, 0.4) is 0 Å². The molecule has 4 aromatic rings. The second kappa shape index (κ2) is 9.21. The van der Waals surface area contributed by atoms with Crippen molar-refractivity contribution in [3.8, 4) is 11.3 Å². The van der Waals surface area contributed by atoms with E-state index in [-0.39, 0.29) is 11.5 Å². The summed E-state index contributed by atoms with van der Waals surface area (Å²) < 4.78 is 1.60. The van der Waals surface area contributed by atoms with Crippen molar-refractivity contribution >= 4 is 56.6 Å². The van der Waals surface area contributed by atoms with E-state index in [0.717, 1.165) is 11.3 Å². The molecule has 0 saturated carbocycles. The first kappa shape index (κ1) is 21.5. The Morgan fingerprint density at radius 1 is 1.19 bits per heavy atom. The highest BCUT2D eigenvalue weighted by atomic mass is 35.5. The van der Waals surface area contributed by atoms with Crippen molar-refractivity contribution in [3.05, 3.63) is 69.3 Å². The lowest BCUT2D eigenvalue weighted by atomic mass is 10.2. The van der Waals surface area contributed by atoms with Gasteiger partial charge in [0.15, 0.2) is 10.3 Å². The Labute approximate surface area is 192 Å². The Bertz CT molecular complexity index is 1300. The molecule has 6 nitrogen and oxygen atoms in total. The molecule has 1 N–H and O–H groups in total. The second-order valence-electron chi connectivity index (χ2n) is 6.76. The van der Waals surface area contributed by atoms with Gasteiger partial charge in [-0.05, 0) is 38.1 Å². The van der Waals surface area contributed by atoms with E-state index in [0.29, 0.717) is 32.8 Å². The van der Waals surface area contributed by atoms with Crippen LogP contribution in [0.4, 0.5) is 5.13 Å². The number of para-hydroxylation sites is 1.